The quantitative estimate of drug-likeness (QED) is 0.750. The van der Waals surface area contributed by atoms with Crippen molar-refractivity contribution in [2.24, 2.45) is 5.92 Å². The summed E-state index contributed by atoms with van der Waals surface area (Å²) in [5.74, 6) is 1.70. The Balaban J connectivity index is 1.57. The van der Waals surface area contributed by atoms with Gasteiger partial charge in [-0.25, -0.2) is 9.18 Å². The van der Waals surface area contributed by atoms with Gasteiger partial charge in [-0.3, -0.25) is 0 Å². The van der Waals surface area contributed by atoms with E-state index in [0.717, 1.165) is 31.8 Å². The Morgan fingerprint density at radius 2 is 2.13 bits per heavy atom. The van der Waals surface area contributed by atoms with Gasteiger partial charge >= 0.3 is 6.03 Å². The lowest BCUT2D eigenvalue weighted by atomic mass is 9.93. The number of carbonyl (C=O) groups excluding carboxylic acids is 1. The summed E-state index contributed by atoms with van der Waals surface area (Å²) in [5, 5.41) is 5.85. The highest BCUT2D eigenvalue weighted by Crippen LogP contribution is 2.18. The molecule has 0 aromatic heterocycles. The summed E-state index contributed by atoms with van der Waals surface area (Å²) in [4.78, 5) is 11.9. The molecule has 0 aliphatic carbocycles. The number of halogens is 1. The van der Waals surface area contributed by atoms with Crippen LogP contribution in [0.15, 0.2) is 24.3 Å². The van der Waals surface area contributed by atoms with E-state index in [1.165, 1.54) is 6.07 Å². The van der Waals surface area contributed by atoms with E-state index < -0.39 is 0 Å². The second-order valence-corrected chi connectivity index (χ2v) is 6.89. The number of ether oxygens (including phenoxy) is 1. The highest BCUT2D eigenvalue weighted by molar-refractivity contribution is 7.98. The van der Waals surface area contributed by atoms with Gasteiger partial charge in [0.25, 0.3) is 0 Å². The summed E-state index contributed by atoms with van der Waals surface area (Å²) in [6.07, 6.45) is 2.00. The highest BCUT2D eigenvalue weighted by Gasteiger charge is 2.21. The van der Waals surface area contributed by atoms with Crippen LogP contribution >= 0.6 is 11.8 Å². The molecule has 1 atom stereocenters. The lowest BCUT2D eigenvalue weighted by molar-refractivity contribution is 0.0571. The molecule has 1 unspecified atom stereocenters. The maximum absolute atomic E-state index is 13.4. The smallest absolute Gasteiger partial charge is 0.315 e. The van der Waals surface area contributed by atoms with Gasteiger partial charge in [0.2, 0.25) is 0 Å². The lowest BCUT2D eigenvalue weighted by Gasteiger charge is -2.28. The largest absolute Gasteiger partial charge is 0.381 e. The second-order valence-electron chi connectivity index (χ2n) is 5.78. The molecule has 23 heavy (non-hydrogen) atoms. The fourth-order valence-electron chi connectivity index (χ4n) is 2.63. The van der Waals surface area contributed by atoms with E-state index >= 15 is 0 Å². The van der Waals surface area contributed by atoms with E-state index in [4.69, 9.17) is 4.74 Å². The first-order chi connectivity index (χ1) is 11.2. The molecule has 1 aromatic carbocycles. The van der Waals surface area contributed by atoms with E-state index in [1.54, 1.807) is 23.9 Å². The summed E-state index contributed by atoms with van der Waals surface area (Å²) in [7, 11) is 0. The van der Waals surface area contributed by atoms with Crippen LogP contribution in [0.4, 0.5) is 9.18 Å². The molecule has 2 N–H and O–H groups in total. The molecule has 0 saturated carbocycles. The number of urea groups is 1. The summed E-state index contributed by atoms with van der Waals surface area (Å²) >= 11 is 1.61. The number of benzene rings is 1. The van der Waals surface area contributed by atoms with Crippen molar-refractivity contribution in [1.82, 2.24) is 10.6 Å². The van der Waals surface area contributed by atoms with Gasteiger partial charge in [-0.05, 0) is 37.3 Å². The minimum Gasteiger partial charge on any atom is -0.381 e. The van der Waals surface area contributed by atoms with Gasteiger partial charge in [0.1, 0.15) is 5.82 Å². The predicted molar refractivity (Wildman–Crippen MR) is 92.1 cm³/mol. The summed E-state index contributed by atoms with van der Waals surface area (Å²) in [5.41, 5.74) is 0.704. The van der Waals surface area contributed by atoms with Crippen molar-refractivity contribution in [3.63, 3.8) is 0 Å². The number of hydrogen-bond acceptors (Lipinski definition) is 3. The average Bonchev–Trinajstić information content (AvgIpc) is 2.57. The number of hydrogen-bond donors (Lipinski definition) is 2. The van der Waals surface area contributed by atoms with Crippen molar-refractivity contribution in [3.05, 3.63) is 35.6 Å². The molecule has 2 amide bonds. The second kappa shape index (κ2) is 9.78. The third-order valence-corrected chi connectivity index (χ3v) is 5.09. The van der Waals surface area contributed by atoms with Gasteiger partial charge in [-0.15, -0.1) is 0 Å². The first kappa shape index (κ1) is 18.1. The Hall–Kier alpha value is -1.27. The molecule has 0 bridgehead atoms. The van der Waals surface area contributed by atoms with Crippen LogP contribution in [0.25, 0.3) is 0 Å². The van der Waals surface area contributed by atoms with Crippen molar-refractivity contribution in [2.75, 3.05) is 25.5 Å². The van der Waals surface area contributed by atoms with Gasteiger partial charge in [-0.2, -0.15) is 11.8 Å². The van der Waals surface area contributed by atoms with Gasteiger partial charge in [0, 0.05) is 37.3 Å². The predicted octanol–water partition coefficient (Wildman–Crippen LogP) is 3.17. The molecule has 1 aromatic rings. The van der Waals surface area contributed by atoms with E-state index in [1.807, 2.05) is 13.0 Å². The Morgan fingerprint density at radius 3 is 2.87 bits per heavy atom. The summed E-state index contributed by atoms with van der Waals surface area (Å²) < 4.78 is 18.8. The van der Waals surface area contributed by atoms with Crippen LogP contribution in [-0.4, -0.2) is 37.6 Å². The molecule has 4 nitrogen and oxygen atoms in total. The van der Waals surface area contributed by atoms with Crippen molar-refractivity contribution >= 4 is 17.8 Å². The van der Waals surface area contributed by atoms with E-state index in [0.29, 0.717) is 23.8 Å². The molecule has 128 valence electrons. The zero-order valence-corrected chi connectivity index (χ0v) is 14.3. The van der Waals surface area contributed by atoms with Crippen LogP contribution in [0.1, 0.15) is 25.3 Å². The lowest BCUT2D eigenvalue weighted by Crippen LogP contribution is -2.45. The molecule has 1 fully saturated rings. The third-order valence-electron chi connectivity index (χ3n) is 4.08. The topological polar surface area (TPSA) is 50.4 Å². The highest BCUT2D eigenvalue weighted by atomic mass is 32.2. The maximum Gasteiger partial charge on any atom is 0.315 e. The molecular formula is C17H25FN2O2S. The normalized spacial score (nSPS) is 16.8. The van der Waals surface area contributed by atoms with Crippen molar-refractivity contribution in [2.45, 2.75) is 31.6 Å². The summed E-state index contributed by atoms with van der Waals surface area (Å²) in [6, 6.07) is 6.81. The fraction of sp³-hybridized carbons (Fsp3) is 0.588. The van der Waals surface area contributed by atoms with Gasteiger partial charge in [-0.1, -0.05) is 18.2 Å². The molecule has 0 radical (unpaired) electrons. The molecule has 2 rings (SSSR count). The van der Waals surface area contributed by atoms with Crippen LogP contribution in [0.2, 0.25) is 0 Å². The third kappa shape index (κ3) is 6.39. The zero-order chi connectivity index (χ0) is 16.5. The average molecular weight is 340 g/mol. The monoisotopic (exact) mass is 340 g/mol. The van der Waals surface area contributed by atoms with Crippen LogP contribution in [0.3, 0.4) is 0 Å². The fourth-order valence-corrected chi connectivity index (χ4v) is 3.47. The van der Waals surface area contributed by atoms with Gasteiger partial charge < -0.3 is 15.4 Å². The Labute approximate surface area is 141 Å². The van der Waals surface area contributed by atoms with E-state index in [9.17, 15) is 9.18 Å². The standard InChI is InChI=1S/C17H25FN2O2S/c1-13(14-6-9-22-10-7-14)20-17(21)19-8-11-23-12-15-4-2-3-5-16(15)18/h2-5,13-14H,6-12H2,1H3,(H2,19,20,21). The van der Waals surface area contributed by atoms with Crippen LogP contribution in [0, 0.1) is 11.7 Å². The molecular weight excluding hydrogens is 315 g/mol. The van der Waals surface area contributed by atoms with E-state index in [2.05, 4.69) is 10.6 Å². The Morgan fingerprint density at radius 1 is 1.39 bits per heavy atom. The SMILES string of the molecule is CC(NC(=O)NCCSCc1ccccc1F)C1CCOCC1. The number of nitrogens with one attached hydrogen (secondary N) is 2. The molecule has 1 aliphatic heterocycles. The number of thioether (sulfide) groups is 1. The van der Waals surface area contributed by atoms with Crippen molar-refractivity contribution in [1.29, 1.82) is 0 Å². The van der Waals surface area contributed by atoms with Gasteiger partial charge in [0.05, 0.1) is 0 Å². The van der Waals surface area contributed by atoms with Crippen LogP contribution in [0.5, 0.6) is 0 Å². The van der Waals surface area contributed by atoms with Crippen LogP contribution < -0.4 is 10.6 Å². The first-order valence-corrected chi connectivity index (χ1v) is 9.25. The molecule has 1 heterocycles. The zero-order valence-electron chi connectivity index (χ0n) is 13.5. The van der Waals surface area contributed by atoms with Crippen molar-refractivity contribution < 1.29 is 13.9 Å². The minimum absolute atomic E-state index is 0.129. The Kier molecular flexibility index (Phi) is 7.68. The molecule has 6 heteroatoms. The first-order valence-electron chi connectivity index (χ1n) is 8.10. The molecule has 1 aliphatic rings. The molecule has 1 saturated heterocycles. The Bertz CT molecular complexity index is 495. The summed E-state index contributed by atoms with van der Waals surface area (Å²) in [6.45, 7) is 4.18. The van der Waals surface area contributed by atoms with E-state index in [-0.39, 0.29) is 17.9 Å². The number of carbonyl (C=O) groups is 1. The maximum atomic E-state index is 13.4. The minimum atomic E-state index is -0.170. The van der Waals surface area contributed by atoms with Crippen molar-refractivity contribution in [3.8, 4) is 0 Å². The van der Waals surface area contributed by atoms with Crippen LogP contribution in [-0.2, 0) is 10.5 Å². The number of amides is 2. The number of rotatable bonds is 7. The molecule has 0 spiro atoms. The van der Waals surface area contributed by atoms with Gasteiger partial charge in [0.15, 0.2) is 0 Å².